The number of hydrogen-bond donors (Lipinski definition) is 0. The van der Waals surface area contributed by atoms with Gasteiger partial charge in [0.1, 0.15) is 11.5 Å². The molecule has 0 bridgehead atoms. The first kappa shape index (κ1) is 24.6. The van der Waals surface area contributed by atoms with E-state index in [4.69, 9.17) is 19.4 Å². The lowest BCUT2D eigenvalue weighted by Gasteiger charge is -2.36. The molecule has 0 saturated carbocycles. The molecule has 8 heteroatoms. The van der Waals surface area contributed by atoms with E-state index in [1.165, 1.54) is 0 Å². The van der Waals surface area contributed by atoms with Crippen LogP contribution in [0.4, 0.5) is 0 Å². The fourth-order valence-electron chi connectivity index (χ4n) is 3.04. The Morgan fingerprint density at radius 3 is 2.45 bits per heavy atom. The highest BCUT2D eigenvalue weighted by atomic mass is 28.3. The number of ether oxygens (including phenoxy) is 2. The Balaban J connectivity index is 3.18. The van der Waals surface area contributed by atoms with Gasteiger partial charge < -0.3 is 24.3 Å². The molecule has 0 spiro atoms. The van der Waals surface area contributed by atoms with Gasteiger partial charge in [-0.1, -0.05) is 27.4 Å². The second kappa shape index (κ2) is 10.9. The van der Waals surface area contributed by atoms with Crippen molar-refractivity contribution in [3.05, 3.63) is 41.4 Å². The van der Waals surface area contributed by atoms with Crippen molar-refractivity contribution >= 4 is 21.2 Å². The average Bonchev–Trinajstić information content (AvgIpc) is 2.64. The minimum Gasteiger partial charge on any atom is -0.497 e. The number of hydrogen-bond acceptors (Lipinski definition) is 4. The molecule has 1 amide bonds. The van der Waals surface area contributed by atoms with Crippen molar-refractivity contribution < 1.29 is 23.5 Å². The molecule has 160 valence electrons. The molecule has 1 atom stereocenters. The smallest absolute Gasteiger partial charge is 0.344 e. The molecule has 1 aromatic carbocycles. The molecule has 1 aromatic rings. The van der Waals surface area contributed by atoms with Gasteiger partial charge in [-0.3, -0.25) is 4.79 Å². The van der Waals surface area contributed by atoms with Gasteiger partial charge in [-0.15, -0.1) is 0 Å². The van der Waals surface area contributed by atoms with Crippen LogP contribution >= 0.6 is 0 Å². The summed E-state index contributed by atoms with van der Waals surface area (Å²) in [7, 11) is 1.82. The number of nitrogens with zero attached hydrogens (tertiary/aromatic N) is 3. The monoisotopic (exact) mass is 419 g/mol. The lowest BCUT2D eigenvalue weighted by molar-refractivity contribution is -0.127. The van der Waals surface area contributed by atoms with Gasteiger partial charge in [0.15, 0.2) is 9.04 Å². The van der Waals surface area contributed by atoms with E-state index in [0.717, 1.165) is 17.4 Å². The number of carbonyl (C=O) groups excluding carboxylic acids is 1. The summed E-state index contributed by atoms with van der Waals surface area (Å²) in [5.74, 6) is 0.834. The summed E-state index contributed by atoms with van der Waals surface area (Å²) in [5, 5.41) is 0. The first-order valence-electron chi connectivity index (χ1n) is 9.53. The lowest BCUT2D eigenvalue weighted by Crippen LogP contribution is -2.41. The van der Waals surface area contributed by atoms with Crippen LogP contribution in [0.2, 0.25) is 13.1 Å². The predicted molar refractivity (Wildman–Crippen MR) is 117 cm³/mol. The third-order valence-electron chi connectivity index (χ3n) is 4.29. The minimum absolute atomic E-state index is 0.161. The maximum absolute atomic E-state index is 12.6. The highest BCUT2D eigenvalue weighted by Crippen LogP contribution is 2.30. The van der Waals surface area contributed by atoms with Crippen molar-refractivity contribution in [2.45, 2.75) is 46.5 Å². The molecule has 0 aromatic heterocycles. The normalized spacial score (nSPS) is 12.1. The largest absolute Gasteiger partial charge is 0.497 e. The van der Waals surface area contributed by atoms with E-state index in [1.807, 2.05) is 6.07 Å². The van der Waals surface area contributed by atoms with Crippen LogP contribution in [-0.4, -0.2) is 57.7 Å². The third-order valence-corrected chi connectivity index (χ3v) is 5.11. The van der Waals surface area contributed by atoms with Gasteiger partial charge in [0.2, 0.25) is 0 Å². The number of methoxy groups -OCH3 is 2. The van der Waals surface area contributed by atoms with E-state index < -0.39 is 14.9 Å². The minimum atomic E-state index is -1.32. The van der Waals surface area contributed by atoms with E-state index in [-0.39, 0.29) is 24.6 Å². The Hall–Kier alpha value is -2.41. The van der Waals surface area contributed by atoms with Crippen LogP contribution in [0, 0.1) is 5.41 Å². The maximum atomic E-state index is 12.6. The molecule has 0 N–H and O–H groups in total. The molecule has 7 nitrogen and oxygen atoms in total. The van der Waals surface area contributed by atoms with Gasteiger partial charge in [0.05, 0.1) is 26.9 Å². The molecule has 0 heterocycles. The molecule has 0 aliphatic rings. The van der Waals surface area contributed by atoms with Crippen molar-refractivity contribution in [1.82, 2.24) is 4.90 Å². The molecular formula is C21H33N3O4Si. The predicted octanol–water partition coefficient (Wildman–Crippen LogP) is 3.30. The summed E-state index contributed by atoms with van der Waals surface area (Å²) in [5.41, 5.74) is 10.3. The van der Waals surface area contributed by atoms with E-state index >= 15 is 0 Å². The van der Waals surface area contributed by atoms with Crippen LogP contribution in [0.1, 0.15) is 26.3 Å². The molecule has 0 aliphatic carbocycles. The summed E-state index contributed by atoms with van der Waals surface area (Å²) >= 11 is 0. The van der Waals surface area contributed by atoms with Gasteiger partial charge in [0, 0.05) is 18.2 Å². The van der Waals surface area contributed by atoms with Crippen molar-refractivity contribution in [3.8, 4) is 11.5 Å². The molecule has 1 rings (SSSR count). The van der Waals surface area contributed by atoms with E-state index in [1.54, 1.807) is 31.3 Å². The zero-order valence-electron chi connectivity index (χ0n) is 18.6. The summed E-state index contributed by atoms with van der Waals surface area (Å²) in [4.78, 5) is 17.0. The van der Waals surface area contributed by atoms with Crippen molar-refractivity contribution in [3.63, 3.8) is 0 Å². The van der Waals surface area contributed by atoms with E-state index in [9.17, 15) is 4.79 Å². The van der Waals surface area contributed by atoms with Gasteiger partial charge in [-0.05, 0) is 36.2 Å². The van der Waals surface area contributed by atoms with Crippen LogP contribution in [0.25, 0.3) is 5.53 Å². The van der Waals surface area contributed by atoms with Gasteiger partial charge in [-0.2, -0.15) is 4.79 Å². The van der Waals surface area contributed by atoms with E-state index in [0.29, 0.717) is 11.5 Å². The molecule has 0 fully saturated rings. The molecule has 0 radical (unpaired) electrons. The maximum Gasteiger partial charge on any atom is 0.344 e. The van der Waals surface area contributed by atoms with Crippen molar-refractivity contribution in [2.24, 2.45) is 5.41 Å². The Bertz CT molecular complexity index is 768. The highest BCUT2D eigenvalue weighted by molar-refractivity contribution is 6.48. The topological polar surface area (TPSA) is 84.4 Å². The molecular weight excluding hydrogens is 386 g/mol. The van der Waals surface area contributed by atoms with Gasteiger partial charge >= 0.3 is 12.1 Å². The fourth-order valence-corrected chi connectivity index (χ4v) is 4.19. The summed E-state index contributed by atoms with van der Waals surface area (Å²) in [6.07, 6.45) is 0.696. The SMILES string of the molecule is C=C(CN(Cc1ccc(OC)cc1OC)C(=O)C=[N+]=[N-])C(O[SiH](C)C)C(C)(C)C. The quantitative estimate of drug-likeness (QED) is 0.191. The summed E-state index contributed by atoms with van der Waals surface area (Å²) in [6, 6.07) is 5.41. The van der Waals surface area contributed by atoms with Crippen molar-refractivity contribution in [2.75, 3.05) is 20.8 Å². The van der Waals surface area contributed by atoms with Crippen molar-refractivity contribution in [1.29, 1.82) is 0 Å². The number of rotatable bonds is 10. The highest BCUT2D eigenvalue weighted by Gasteiger charge is 2.31. The number of carbonyl (C=O) groups is 1. The van der Waals surface area contributed by atoms with Crippen LogP contribution in [-0.2, 0) is 15.8 Å². The fraction of sp³-hybridized carbons (Fsp3) is 0.524. The van der Waals surface area contributed by atoms with Gasteiger partial charge in [-0.25, -0.2) is 0 Å². The molecule has 0 aliphatic heterocycles. The second-order valence-electron chi connectivity index (χ2n) is 8.21. The van der Waals surface area contributed by atoms with Crippen LogP contribution < -0.4 is 9.47 Å². The lowest BCUT2D eigenvalue weighted by atomic mass is 9.85. The van der Waals surface area contributed by atoms with Crippen LogP contribution in [0.5, 0.6) is 11.5 Å². The van der Waals surface area contributed by atoms with Crippen LogP contribution in [0.15, 0.2) is 30.4 Å². The summed E-state index contributed by atoms with van der Waals surface area (Å²) in [6.45, 7) is 15.2. The Kier molecular flexibility index (Phi) is 9.30. The van der Waals surface area contributed by atoms with Gasteiger partial charge in [0.25, 0.3) is 0 Å². The Morgan fingerprint density at radius 1 is 1.31 bits per heavy atom. The van der Waals surface area contributed by atoms with E-state index in [2.05, 4.69) is 45.2 Å². The molecule has 1 unspecified atom stereocenters. The van der Waals surface area contributed by atoms with Crippen LogP contribution in [0.3, 0.4) is 0 Å². The number of amides is 1. The first-order valence-corrected chi connectivity index (χ1v) is 12.3. The second-order valence-corrected chi connectivity index (χ2v) is 10.6. The summed E-state index contributed by atoms with van der Waals surface area (Å²) < 4.78 is 16.9. The Labute approximate surface area is 175 Å². The zero-order valence-corrected chi connectivity index (χ0v) is 19.7. The average molecular weight is 420 g/mol. The Morgan fingerprint density at radius 2 is 1.97 bits per heavy atom. The third kappa shape index (κ3) is 7.49. The molecule has 0 saturated heterocycles. The number of benzene rings is 1. The standard InChI is InChI=1S/C21H33N3O4Si/c1-15(20(21(2,3)4)28-29(7)8)13-24(19(25)12-23-22)14-16-9-10-17(26-5)11-18(16)27-6/h9-12,20,29H,1,13-14H2,2-8H3. The zero-order chi connectivity index (χ0) is 22.2. The first-order chi connectivity index (χ1) is 13.5. The molecule has 29 heavy (non-hydrogen) atoms.